The maximum Gasteiger partial charge on any atom is 0.198 e. The Kier molecular flexibility index (Phi) is 4.12. The molecular weight excluding hydrogens is 248 g/mol. The molecule has 1 aromatic carbocycles. The molecular formula is C14H19ClN2O. The Morgan fingerprint density at radius 3 is 2.83 bits per heavy atom. The molecule has 0 bridgehead atoms. The summed E-state index contributed by atoms with van der Waals surface area (Å²) in [7, 11) is 0. The Labute approximate surface area is 112 Å². The minimum absolute atomic E-state index is 0.386. The zero-order valence-electron chi connectivity index (χ0n) is 10.9. The van der Waals surface area contributed by atoms with Crippen LogP contribution in [0.25, 0.3) is 11.1 Å². The summed E-state index contributed by atoms with van der Waals surface area (Å²) in [5.41, 5.74) is 7.81. The highest BCUT2D eigenvalue weighted by atomic mass is 35.5. The quantitative estimate of drug-likeness (QED) is 0.795. The van der Waals surface area contributed by atoms with Gasteiger partial charge < -0.3 is 10.2 Å². The standard InChI is InChI=1S/C14H19ClN2O/c1-3-5-6-9(4-2)14-17-12-7-10(15)11(16)8-13(12)18-14/h7-9H,3-6,16H2,1-2H3. The number of nitrogens with two attached hydrogens (primary N) is 1. The van der Waals surface area contributed by atoms with Gasteiger partial charge in [0.25, 0.3) is 0 Å². The maximum atomic E-state index is 5.99. The number of nitrogen functional groups attached to an aromatic ring is 1. The summed E-state index contributed by atoms with van der Waals surface area (Å²) in [6, 6.07) is 3.52. The van der Waals surface area contributed by atoms with Crippen molar-refractivity contribution in [2.45, 2.75) is 45.4 Å². The fraction of sp³-hybridized carbons (Fsp3) is 0.500. The van der Waals surface area contributed by atoms with Crippen molar-refractivity contribution in [1.29, 1.82) is 0 Å². The van der Waals surface area contributed by atoms with Crippen LogP contribution in [0.1, 0.15) is 51.3 Å². The lowest BCUT2D eigenvalue weighted by Crippen LogP contribution is -1.97. The predicted molar refractivity (Wildman–Crippen MR) is 76.0 cm³/mol. The number of hydrogen-bond donors (Lipinski definition) is 1. The topological polar surface area (TPSA) is 52.0 Å². The average Bonchev–Trinajstić information content (AvgIpc) is 2.73. The molecule has 0 spiro atoms. The van der Waals surface area contributed by atoms with E-state index in [1.165, 1.54) is 12.8 Å². The lowest BCUT2D eigenvalue weighted by molar-refractivity contribution is 0.434. The molecule has 1 aromatic heterocycles. The second kappa shape index (κ2) is 5.61. The monoisotopic (exact) mass is 266 g/mol. The van der Waals surface area contributed by atoms with Gasteiger partial charge in [0.05, 0.1) is 10.7 Å². The van der Waals surface area contributed by atoms with Gasteiger partial charge in [-0.1, -0.05) is 38.3 Å². The number of anilines is 1. The van der Waals surface area contributed by atoms with E-state index in [1.807, 2.05) is 0 Å². The number of rotatable bonds is 5. The van der Waals surface area contributed by atoms with Crippen molar-refractivity contribution < 1.29 is 4.42 Å². The van der Waals surface area contributed by atoms with Crippen LogP contribution in [-0.4, -0.2) is 4.98 Å². The van der Waals surface area contributed by atoms with Crippen molar-refractivity contribution in [3.8, 4) is 0 Å². The van der Waals surface area contributed by atoms with Gasteiger partial charge in [-0.3, -0.25) is 0 Å². The van der Waals surface area contributed by atoms with Crippen LogP contribution in [0.5, 0.6) is 0 Å². The van der Waals surface area contributed by atoms with E-state index in [0.717, 1.165) is 29.8 Å². The van der Waals surface area contributed by atoms with Gasteiger partial charge in [0.15, 0.2) is 11.5 Å². The van der Waals surface area contributed by atoms with Crippen LogP contribution in [0.15, 0.2) is 16.5 Å². The fourth-order valence-electron chi connectivity index (χ4n) is 2.11. The Morgan fingerprint density at radius 2 is 2.17 bits per heavy atom. The molecule has 0 amide bonds. The first kappa shape index (κ1) is 13.2. The Bertz CT molecular complexity index is 497. The summed E-state index contributed by atoms with van der Waals surface area (Å²) < 4.78 is 5.80. The van der Waals surface area contributed by atoms with Crippen LogP contribution in [0.3, 0.4) is 0 Å². The van der Waals surface area contributed by atoms with E-state index in [2.05, 4.69) is 18.8 Å². The zero-order valence-corrected chi connectivity index (χ0v) is 11.6. The molecule has 3 nitrogen and oxygen atoms in total. The van der Waals surface area contributed by atoms with E-state index in [9.17, 15) is 0 Å². The summed E-state index contributed by atoms with van der Waals surface area (Å²) in [6.45, 7) is 4.36. The molecule has 2 aromatic rings. The molecule has 0 aliphatic carbocycles. The van der Waals surface area contributed by atoms with E-state index in [4.69, 9.17) is 21.8 Å². The molecule has 0 aliphatic rings. The van der Waals surface area contributed by atoms with Gasteiger partial charge in [0, 0.05) is 12.0 Å². The average molecular weight is 267 g/mol. The van der Waals surface area contributed by atoms with Crippen LogP contribution >= 0.6 is 11.6 Å². The summed E-state index contributed by atoms with van der Waals surface area (Å²) in [5.74, 6) is 1.19. The van der Waals surface area contributed by atoms with Gasteiger partial charge in [0.1, 0.15) is 5.52 Å². The minimum atomic E-state index is 0.386. The van der Waals surface area contributed by atoms with E-state index in [-0.39, 0.29) is 0 Å². The second-order valence-corrected chi connectivity index (χ2v) is 5.05. The predicted octanol–water partition coefficient (Wildman–Crippen LogP) is 4.75. The second-order valence-electron chi connectivity index (χ2n) is 4.64. The Balaban J connectivity index is 2.33. The Morgan fingerprint density at radius 1 is 1.39 bits per heavy atom. The van der Waals surface area contributed by atoms with Crippen molar-refractivity contribution in [2.75, 3.05) is 5.73 Å². The number of halogens is 1. The van der Waals surface area contributed by atoms with Crippen molar-refractivity contribution in [3.05, 3.63) is 23.0 Å². The maximum absolute atomic E-state index is 5.99. The van der Waals surface area contributed by atoms with Gasteiger partial charge in [-0.15, -0.1) is 0 Å². The van der Waals surface area contributed by atoms with Crippen LogP contribution in [0.4, 0.5) is 5.69 Å². The highest BCUT2D eigenvalue weighted by Gasteiger charge is 2.16. The molecule has 0 saturated carbocycles. The summed E-state index contributed by atoms with van der Waals surface area (Å²) in [5, 5.41) is 0.531. The van der Waals surface area contributed by atoms with Crippen molar-refractivity contribution in [2.24, 2.45) is 0 Å². The first-order chi connectivity index (χ1) is 8.65. The molecule has 2 N–H and O–H groups in total. The molecule has 1 unspecified atom stereocenters. The number of hydrogen-bond acceptors (Lipinski definition) is 3. The third-order valence-electron chi connectivity index (χ3n) is 3.27. The van der Waals surface area contributed by atoms with Crippen LogP contribution in [0.2, 0.25) is 5.02 Å². The van der Waals surface area contributed by atoms with E-state index in [0.29, 0.717) is 16.6 Å². The van der Waals surface area contributed by atoms with Crippen molar-refractivity contribution >= 4 is 28.4 Å². The van der Waals surface area contributed by atoms with Gasteiger partial charge in [-0.05, 0) is 18.9 Å². The first-order valence-corrected chi connectivity index (χ1v) is 6.89. The van der Waals surface area contributed by atoms with Gasteiger partial charge in [-0.2, -0.15) is 0 Å². The van der Waals surface area contributed by atoms with Gasteiger partial charge >= 0.3 is 0 Å². The molecule has 18 heavy (non-hydrogen) atoms. The van der Waals surface area contributed by atoms with Crippen molar-refractivity contribution in [1.82, 2.24) is 4.98 Å². The molecule has 4 heteroatoms. The van der Waals surface area contributed by atoms with E-state index >= 15 is 0 Å². The summed E-state index contributed by atoms with van der Waals surface area (Å²) in [4.78, 5) is 4.53. The molecule has 0 fully saturated rings. The third kappa shape index (κ3) is 2.61. The van der Waals surface area contributed by atoms with Crippen LogP contribution < -0.4 is 5.73 Å². The number of benzene rings is 1. The van der Waals surface area contributed by atoms with Gasteiger partial charge in [-0.25, -0.2) is 4.98 Å². The number of oxazole rings is 1. The highest BCUT2D eigenvalue weighted by molar-refractivity contribution is 6.33. The normalized spacial score (nSPS) is 13.1. The molecule has 0 aliphatic heterocycles. The van der Waals surface area contributed by atoms with Crippen LogP contribution in [-0.2, 0) is 0 Å². The Hall–Kier alpha value is -1.22. The largest absolute Gasteiger partial charge is 0.440 e. The van der Waals surface area contributed by atoms with Gasteiger partial charge in [0.2, 0.25) is 0 Å². The molecule has 1 heterocycles. The summed E-state index contributed by atoms with van der Waals surface area (Å²) in [6.07, 6.45) is 4.54. The number of aromatic nitrogens is 1. The van der Waals surface area contributed by atoms with E-state index < -0.39 is 0 Å². The molecule has 98 valence electrons. The highest BCUT2D eigenvalue weighted by Crippen LogP contribution is 2.31. The molecule has 0 saturated heterocycles. The zero-order chi connectivity index (χ0) is 13.1. The third-order valence-corrected chi connectivity index (χ3v) is 3.60. The smallest absolute Gasteiger partial charge is 0.198 e. The number of unbranched alkanes of at least 4 members (excludes halogenated alkanes) is 1. The molecule has 0 radical (unpaired) electrons. The van der Waals surface area contributed by atoms with Crippen LogP contribution in [0, 0.1) is 0 Å². The first-order valence-electron chi connectivity index (χ1n) is 6.51. The molecule has 2 rings (SSSR count). The summed E-state index contributed by atoms with van der Waals surface area (Å²) >= 11 is 5.99. The van der Waals surface area contributed by atoms with E-state index in [1.54, 1.807) is 12.1 Å². The fourth-order valence-corrected chi connectivity index (χ4v) is 2.27. The minimum Gasteiger partial charge on any atom is -0.440 e. The number of fused-ring (bicyclic) bond motifs is 1. The number of nitrogens with zero attached hydrogens (tertiary/aromatic N) is 1. The van der Waals surface area contributed by atoms with Crippen molar-refractivity contribution in [3.63, 3.8) is 0 Å². The lowest BCUT2D eigenvalue weighted by atomic mass is 9.99. The molecule has 1 atom stereocenters. The SMILES string of the molecule is CCCCC(CC)c1nc2cc(Cl)c(N)cc2o1. The lowest BCUT2D eigenvalue weighted by Gasteiger charge is -2.08.